The van der Waals surface area contributed by atoms with Crippen LogP contribution in [-0.4, -0.2) is 23.9 Å². The molecule has 1 amide bonds. The number of halogens is 1. The number of carbonyl (C=O) groups is 1. The van der Waals surface area contributed by atoms with Crippen LogP contribution in [0.3, 0.4) is 0 Å². The molecule has 0 bridgehead atoms. The zero-order valence-electron chi connectivity index (χ0n) is 10.9. The van der Waals surface area contributed by atoms with E-state index < -0.39 is 0 Å². The van der Waals surface area contributed by atoms with E-state index in [1.807, 2.05) is 36.2 Å². The van der Waals surface area contributed by atoms with E-state index in [-0.39, 0.29) is 5.91 Å². The van der Waals surface area contributed by atoms with E-state index >= 15 is 0 Å². The molecule has 0 aromatic heterocycles. The summed E-state index contributed by atoms with van der Waals surface area (Å²) in [4.78, 5) is 14.2. The zero-order chi connectivity index (χ0) is 13.0. The van der Waals surface area contributed by atoms with E-state index in [4.69, 9.17) is 0 Å². The van der Waals surface area contributed by atoms with Gasteiger partial charge in [0.2, 0.25) is 5.91 Å². The summed E-state index contributed by atoms with van der Waals surface area (Å²) in [5.74, 6) is 0.240. The van der Waals surface area contributed by atoms with Crippen LogP contribution in [0.2, 0.25) is 0 Å². The lowest BCUT2D eigenvalue weighted by molar-refractivity contribution is -0.131. The molecule has 18 heavy (non-hydrogen) atoms. The second-order valence-electron chi connectivity index (χ2n) is 5.10. The Hall–Kier alpha value is -0.830. The lowest BCUT2D eigenvalue weighted by atomic mass is 9.94. The van der Waals surface area contributed by atoms with Gasteiger partial charge in [0.1, 0.15) is 0 Å². The maximum absolute atomic E-state index is 12.2. The SMILES string of the molecule is CN(C(=O)Cc1ccc(Br)cc1)C1CCCCC1. The molecule has 0 saturated heterocycles. The predicted molar refractivity (Wildman–Crippen MR) is 77.5 cm³/mol. The minimum atomic E-state index is 0.240. The van der Waals surface area contributed by atoms with Crippen molar-refractivity contribution in [1.82, 2.24) is 4.90 Å². The van der Waals surface area contributed by atoms with E-state index in [1.165, 1.54) is 32.1 Å². The monoisotopic (exact) mass is 309 g/mol. The average Bonchev–Trinajstić information content (AvgIpc) is 2.41. The molecule has 0 radical (unpaired) electrons. The normalized spacial score (nSPS) is 16.6. The first-order valence-corrected chi connectivity index (χ1v) is 7.46. The molecule has 0 atom stereocenters. The molecule has 1 aliphatic rings. The lowest BCUT2D eigenvalue weighted by Gasteiger charge is -2.31. The Morgan fingerprint density at radius 3 is 2.44 bits per heavy atom. The average molecular weight is 310 g/mol. The van der Waals surface area contributed by atoms with Gasteiger partial charge in [-0.15, -0.1) is 0 Å². The number of carbonyl (C=O) groups excluding carboxylic acids is 1. The van der Waals surface area contributed by atoms with Crippen molar-refractivity contribution in [2.75, 3.05) is 7.05 Å². The summed E-state index contributed by atoms with van der Waals surface area (Å²) in [5.41, 5.74) is 1.09. The van der Waals surface area contributed by atoms with Crippen LogP contribution in [0, 0.1) is 0 Å². The molecule has 0 unspecified atom stereocenters. The van der Waals surface area contributed by atoms with Gasteiger partial charge in [-0.05, 0) is 30.5 Å². The van der Waals surface area contributed by atoms with Crippen molar-refractivity contribution in [2.45, 2.75) is 44.6 Å². The van der Waals surface area contributed by atoms with Crippen molar-refractivity contribution >= 4 is 21.8 Å². The fraction of sp³-hybridized carbons (Fsp3) is 0.533. The van der Waals surface area contributed by atoms with Crippen LogP contribution in [-0.2, 0) is 11.2 Å². The third-order valence-corrected chi connectivity index (χ3v) is 4.31. The van der Waals surface area contributed by atoms with Crippen molar-refractivity contribution in [3.05, 3.63) is 34.3 Å². The van der Waals surface area contributed by atoms with Crippen LogP contribution in [0.1, 0.15) is 37.7 Å². The molecule has 0 heterocycles. The quantitative estimate of drug-likeness (QED) is 0.832. The largest absolute Gasteiger partial charge is 0.342 e. The molecule has 1 aliphatic carbocycles. The minimum absolute atomic E-state index is 0.240. The minimum Gasteiger partial charge on any atom is -0.342 e. The summed E-state index contributed by atoms with van der Waals surface area (Å²) < 4.78 is 1.05. The highest BCUT2D eigenvalue weighted by Gasteiger charge is 2.21. The fourth-order valence-corrected chi connectivity index (χ4v) is 2.84. The Labute approximate surface area is 117 Å². The molecule has 1 aromatic rings. The summed E-state index contributed by atoms with van der Waals surface area (Å²) in [6.07, 6.45) is 6.71. The molecule has 0 spiro atoms. The van der Waals surface area contributed by atoms with Gasteiger partial charge in [-0.2, -0.15) is 0 Å². The number of amides is 1. The van der Waals surface area contributed by atoms with Gasteiger partial charge in [0.15, 0.2) is 0 Å². The van der Waals surface area contributed by atoms with Crippen LogP contribution in [0.4, 0.5) is 0 Å². The summed E-state index contributed by atoms with van der Waals surface area (Å²) in [6, 6.07) is 8.46. The lowest BCUT2D eigenvalue weighted by Crippen LogP contribution is -2.39. The molecular formula is C15H20BrNO. The van der Waals surface area contributed by atoms with Crippen molar-refractivity contribution < 1.29 is 4.79 Å². The van der Waals surface area contributed by atoms with E-state index in [9.17, 15) is 4.79 Å². The van der Waals surface area contributed by atoms with Gasteiger partial charge in [-0.25, -0.2) is 0 Å². The molecule has 1 aromatic carbocycles. The van der Waals surface area contributed by atoms with Crippen molar-refractivity contribution in [3.63, 3.8) is 0 Å². The number of benzene rings is 1. The number of hydrogen-bond donors (Lipinski definition) is 0. The first kappa shape index (κ1) is 13.6. The maximum Gasteiger partial charge on any atom is 0.226 e. The summed E-state index contributed by atoms with van der Waals surface area (Å²) in [6.45, 7) is 0. The molecule has 98 valence electrons. The van der Waals surface area contributed by atoms with Crippen molar-refractivity contribution in [2.24, 2.45) is 0 Å². The highest BCUT2D eigenvalue weighted by atomic mass is 79.9. The molecule has 0 N–H and O–H groups in total. The Morgan fingerprint density at radius 2 is 1.83 bits per heavy atom. The van der Waals surface area contributed by atoms with Gasteiger partial charge in [0, 0.05) is 17.6 Å². The summed E-state index contributed by atoms with van der Waals surface area (Å²) >= 11 is 3.41. The second-order valence-corrected chi connectivity index (χ2v) is 6.02. The number of nitrogens with zero attached hydrogens (tertiary/aromatic N) is 1. The topological polar surface area (TPSA) is 20.3 Å². The number of rotatable bonds is 3. The number of likely N-dealkylation sites (N-methyl/N-ethyl adjacent to an activating group) is 1. The summed E-state index contributed by atoms with van der Waals surface area (Å²) in [7, 11) is 1.96. The van der Waals surface area contributed by atoms with Crippen molar-refractivity contribution in [3.8, 4) is 0 Å². The maximum atomic E-state index is 12.2. The highest BCUT2D eigenvalue weighted by molar-refractivity contribution is 9.10. The first-order chi connectivity index (χ1) is 8.66. The smallest absolute Gasteiger partial charge is 0.226 e. The molecule has 1 saturated carbocycles. The Morgan fingerprint density at radius 1 is 1.22 bits per heavy atom. The van der Waals surface area contributed by atoms with Crippen LogP contribution in [0.25, 0.3) is 0 Å². The van der Waals surface area contributed by atoms with Crippen LogP contribution >= 0.6 is 15.9 Å². The van der Waals surface area contributed by atoms with E-state index in [2.05, 4.69) is 15.9 Å². The van der Waals surface area contributed by atoms with Crippen LogP contribution < -0.4 is 0 Å². The number of hydrogen-bond acceptors (Lipinski definition) is 1. The molecule has 3 heteroatoms. The highest BCUT2D eigenvalue weighted by Crippen LogP contribution is 2.22. The Bertz CT molecular complexity index is 395. The van der Waals surface area contributed by atoms with Crippen molar-refractivity contribution in [1.29, 1.82) is 0 Å². The Kier molecular flexibility index (Phi) is 4.81. The second kappa shape index (κ2) is 6.37. The van der Waals surface area contributed by atoms with E-state index in [0.29, 0.717) is 12.5 Å². The molecule has 1 fully saturated rings. The zero-order valence-corrected chi connectivity index (χ0v) is 12.4. The predicted octanol–water partition coefficient (Wildman–Crippen LogP) is 3.78. The van der Waals surface area contributed by atoms with Gasteiger partial charge in [0.25, 0.3) is 0 Å². The van der Waals surface area contributed by atoms with Crippen LogP contribution in [0.5, 0.6) is 0 Å². The third kappa shape index (κ3) is 3.58. The van der Waals surface area contributed by atoms with Gasteiger partial charge in [-0.3, -0.25) is 4.79 Å². The standard InChI is InChI=1S/C15H20BrNO/c1-17(14-5-3-2-4-6-14)15(18)11-12-7-9-13(16)10-8-12/h7-10,14H,2-6,11H2,1H3. The van der Waals surface area contributed by atoms with Crippen LogP contribution in [0.15, 0.2) is 28.7 Å². The van der Waals surface area contributed by atoms with E-state index in [1.54, 1.807) is 0 Å². The van der Waals surface area contributed by atoms with E-state index in [0.717, 1.165) is 10.0 Å². The van der Waals surface area contributed by atoms with Gasteiger partial charge in [0.05, 0.1) is 6.42 Å². The summed E-state index contributed by atoms with van der Waals surface area (Å²) in [5, 5.41) is 0. The Balaban J connectivity index is 1.92. The molecule has 2 rings (SSSR count). The fourth-order valence-electron chi connectivity index (χ4n) is 2.57. The molecular weight excluding hydrogens is 290 g/mol. The third-order valence-electron chi connectivity index (χ3n) is 3.78. The van der Waals surface area contributed by atoms with Gasteiger partial charge in [-0.1, -0.05) is 47.3 Å². The van der Waals surface area contributed by atoms with Gasteiger partial charge < -0.3 is 4.90 Å². The van der Waals surface area contributed by atoms with Gasteiger partial charge >= 0.3 is 0 Å². The first-order valence-electron chi connectivity index (χ1n) is 6.67. The molecule has 0 aliphatic heterocycles. The molecule has 2 nitrogen and oxygen atoms in total.